The molecule has 1 aliphatic rings. The first-order valence-electron chi connectivity index (χ1n) is 6.82. The quantitative estimate of drug-likeness (QED) is 0.906. The molecule has 1 fully saturated rings. The average molecular weight is 253 g/mol. The van der Waals surface area contributed by atoms with Gasteiger partial charge in [0.05, 0.1) is 5.69 Å². The number of hydrogen-bond donors (Lipinski definition) is 1. The molecule has 19 heavy (non-hydrogen) atoms. The molecular weight excluding hydrogens is 234 g/mol. The van der Waals surface area contributed by atoms with Gasteiger partial charge in [0.1, 0.15) is 11.6 Å². The maximum atomic E-state index is 4.80. The molecule has 3 nitrogen and oxygen atoms in total. The molecule has 1 saturated carbocycles. The Morgan fingerprint density at radius 1 is 1.16 bits per heavy atom. The molecule has 1 aromatic carbocycles. The minimum absolute atomic E-state index is 0.566. The Bertz CT molecular complexity index is 615. The van der Waals surface area contributed by atoms with Crippen LogP contribution in [-0.2, 0) is 0 Å². The van der Waals surface area contributed by atoms with Crippen molar-refractivity contribution in [3.05, 3.63) is 41.2 Å². The lowest BCUT2D eigenvalue weighted by Crippen LogP contribution is -2.04. The number of hydrogen-bond acceptors (Lipinski definition) is 3. The molecule has 1 heterocycles. The number of aryl methyl sites for hydroxylation is 1. The van der Waals surface area contributed by atoms with Gasteiger partial charge in [-0.25, -0.2) is 9.97 Å². The fourth-order valence-electron chi connectivity index (χ4n) is 2.37. The van der Waals surface area contributed by atoms with E-state index in [1.807, 2.05) is 7.05 Å². The maximum absolute atomic E-state index is 4.80. The Hall–Kier alpha value is -1.90. The third-order valence-electron chi connectivity index (χ3n) is 3.63. The molecule has 3 heteroatoms. The highest BCUT2D eigenvalue weighted by Crippen LogP contribution is 2.40. The van der Waals surface area contributed by atoms with Crippen LogP contribution in [0, 0.1) is 13.8 Å². The summed E-state index contributed by atoms with van der Waals surface area (Å²) in [5, 5.41) is 3.19. The smallest absolute Gasteiger partial charge is 0.134 e. The van der Waals surface area contributed by atoms with Crippen molar-refractivity contribution in [3.63, 3.8) is 0 Å². The molecule has 1 N–H and O–H groups in total. The highest BCUT2D eigenvalue weighted by Gasteiger charge is 2.28. The number of anilines is 1. The van der Waals surface area contributed by atoms with Crippen LogP contribution in [0.25, 0.3) is 11.3 Å². The summed E-state index contributed by atoms with van der Waals surface area (Å²) in [6.07, 6.45) is 2.44. The second-order valence-electron chi connectivity index (χ2n) is 5.30. The van der Waals surface area contributed by atoms with Crippen LogP contribution in [0.5, 0.6) is 0 Å². The molecular formula is C16H19N3. The van der Waals surface area contributed by atoms with Crippen molar-refractivity contribution < 1.29 is 0 Å². The third kappa shape index (κ3) is 2.33. The summed E-state index contributed by atoms with van der Waals surface area (Å²) in [6.45, 7) is 4.20. The predicted octanol–water partition coefficient (Wildman–Crippen LogP) is 3.68. The molecule has 3 rings (SSSR count). The monoisotopic (exact) mass is 253 g/mol. The van der Waals surface area contributed by atoms with Crippen molar-refractivity contribution in [2.45, 2.75) is 32.6 Å². The van der Waals surface area contributed by atoms with Gasteiger partial charge in [-0.2, -0.15) is 0 Å². The Labute approximate surface area is 114 Å². The van der Waals surface area contributed by atoms with Crippen LogP contribution < -0.4 is 5.32 Å². The first-order chi connectivity index (χ1) is 9.19. The zero-order chi connectivity index (χ0) is 13.4. The lowest BCUT2D eigenvalue weighted by atomic mass is 10.0. The van der Waals surface area contributed by atoms with E-state index in [-0.39, 0.29) is 0 Å². The summed E-state index contributed by atoms with van der Waals surface area (Å²) in [5.74, 6) is 2.51. The fourth-order valence-corrected chi connectivity index (χ4v) is 2.37. The van der Waals surface area contributed by atoms with Gasteiger partial charge in [-0.1, -0.05) is 23.8 Å². The molecule has 0 saturated heterocycles. The number of nitrogens with one attached hydrogen (secondary N) is 1. The minimum atomic E-state index is 0.566. The summed E-state index contributed by atoms with van der Waals surface area (Å²) < 4.78 is 0. The number of nitrogens with zero attached hydrogens (tertiary/aromatic N) is 2. The Morgan fingerprint density at radius 3 is 2.58 bits per heavy atom. The van der Waals surface area contributed by atoms with Crippen molar-refractivity contribution in [3.8, 4) is 11.3 Å². The number of benzene rings is 1. The first kappa shape index (κ1) is 12.2. The van der Waals surface area contributed by atoms with Gasteiger partial charge in [-0.15, -0.1) is 0 Å². The molecule has 0 radical (unpaired) electrons. The summed E-state index contributed by atoms with van der Waals surface area (Å²) in [5.41, 5.74) is 4.62. The predicted molar refractivity (Wildman–Crippen MR) is 78.5 cm³/mol. The second kappa shape index (κ2) is 4.65. The summed E-state index contributed by atoms with van der Waals surface area (Å²) in [7, 11) is 1.92. The van der Waals surface area contributed by atoms with Crippen LogP contribution in [-0.4, -0.2) is 17.0 Å². The van der Waals surface area contributed by atoms with E-state index >= 15 is 0 Å². The Morgan fingerprint density at radius 2 is 1.95 bits per heavy atom. The van der Waals surface area contributed by atoms with E-state index < -0.39 is 0 Å². The van der Waals surface area contributed by atoms with Crippen LogP contribution in [0.3, 0.4) is 0 Å². The molecule has 0 unspecified atom stereocenters. The highest BCUT2D eigenvalue weighted by molar-refractivity contribution is 5.68. The molecule has 2 aromatic rings. The van der Waals surface area contributed by atoms with E-state index in [0.29, 0.717) is 5.92 Å². The normalized spacial score (nSPS) is 14.5. The van der Waals surface area contributed by atoms with E-state index in [9.17, 15) is 0 Å². The number of rotatable bonds is 3. The molecule has 1 aromatic heterocycles. The molecule has 0 amide bonds. The van der Waals surface area contributed by atoms with Gasteiger partial charge in [-0.05, 0) is 32.8 Å². The molecule has 0 atom stereocenters. The van der Waals surface area contributed by atoms with E-state index in [1.54, 1.807) is 0 Å². The van der Waals surface area contributed by atoms with Crippen molar-refractivity contribution in [2.24, 2.45) is 0 Å². The van der Waals surface area contributed by atoms with Gasteiger partial charge in [-0.3, -0.25) is 0 Å². The topological polar surface area (TPSA) is 37.8 Å². The minimum Gasteiger partial charge on any atom is -0.373 e. The fraction of sp³-hybridized carbons (Fsp3) is 0.375. The van der Waals surface area contributed by atoms with Crippen molar-refractivity contribution in [1.82, 2.24) is 9.97 Å². The highest BCUT2D eigenvalue weighted by atomic mass is 15.0. The Kier molecular flexibility index (Phi) is 2.97. The summed E-state index contributed by atoms with van der Waals surface area (Å²) >= 11 is 0. The Balaban J connectivity index is 2.15. The zero-order valence-electron chi connectivity index (χ0n) is 11.7. The van der Waals surface area contributed by atoms with Crippen LogP contribution in [0.2, 0.25) is 0 Å². The molecule has 1 aliphatic carbocycles. The molecule has 0 spiro atoms. The molecule has 0 bridgehead atoms. The van der Waals surface area contributed by atoms with Crippen LogP contribution in [0.15, 0.2) is 24.3 Å². The van der Waals surface area contributed by atoms with Gasteiger partial charge >= 0.3 is 0 Å². The van der Waals surface area contributed by atoms with Gasteiger partial charge < -0.3 is 5.32 Å². The molecule has 98 valence electrons. The average Bonchev–Trinajstić information content (AvgIpc) is 3.23. The first-order valence-corrected chi connectivity index (χ1v) is 6.82. The SMILES string of the molecule is CNc1nc(C2CC2)nc(-c2cccc(C)c2)c1C. The lowest BCUT2D eigenvalue weighted by Gasteiger charge is -2.12. The van der Waals surface area contributed by atoms with Crippen molar-refractivity contribution in [2.75, 3.05) is 12.4 Å². The van der Waals surface area contributed by atoms with Gasteiger partial charge in [0.25, 0.3) is 0 Å². The number of aromatic nitrogens is 2. The van der Waals surface area contributed by atoms with Crippen LogP contribution in [0.4, 0.5) is 5.82 Å². The summed E-state index contributed by atoms with van der Waals surface area (Å²) in [6, 6.07) is 8.51. The van der Waals surface area contributed by atoms with E-state index in [1.165, 1.54) is 24.0 Å². The van der Waals surface area contributed by atoms with E-state index in [0.717, 1.165) is 22.9 Å². The van der Waals surface area contributed by atoms with Crippen molar-refractivity contribution >= 4 is 5.82 Å². The van der Waals surface area contributed by atoms with Gasteiger partial charge in [0.15, 0.2) is 0 Å². The van der Waals surface area contributed by atoms with E-state index in [4.69, 9.17) is 4.98 Å². The van der Waals surface area contributed by atoms with Crippen LogP contribution in [0.1, 0.15) is 35.7 Å². The van der Waals surface area contributed by atoms with E-state index in [2.05, 4.69) is 48.4 Å². The van der Waals surface area contributed by atoms with Crippen molar-refractivity contribution in [1.29, 1.82) is 0 Å². The zero-order valence-corrected chi connectivity index (χ0v) is 11.7. The third-order valence-corrected chi connectivity index (χ3v) is 3.63. The van der Waals surface area contributed by atoms with Gasteiger partial charge in [0, 0.05) is 24.1 Å². The maximum Gasteiger partial charge on any atom is 0.134 e. The van der Waals surface area contributed by atoms with Gasteiger partial charge in [0.2, 0.25) is 0 Å². The lowest BCUT2D eigenvalue weighted by molar-refractivity contribution is 0.924. The van der Waals surface area contributed by atoms with Crippen LogP contribution >= 0.6 is 0 Å². The largest absolute Gasteiger partial charge is 0.373 e. The molecule has 0 aliphatic heterocycles. The standard InChI is InChI=1S/C16H19N3/c1-10-5-4-6-13(9-10)14-11(2)15(17-3)19-16(18-14)12-7-8-12/h4-6,9,12H,7-8H2,1-3H3,(H,17,18,19). The summed E-state index contributed by atoms with van der Waals surface area (Å²) in [4.78, 5) is 9.44. The second-order valence-corrected chi connectivity index (χ2v) is 5.30.